The van der Waals surface area contributed by atoms with Gasteiger partial charge in [0.05, 0.1) is 33.3 Å². The number of Topliss-reactive ketones (excluding diaryl/α,β-unsaturated/α-hetero) is 1. The second-order valence-corrected chi connectivity index (χ2v) is 9.26. The lowest BCUT2D eigenvalue weighted by Gasteiger charge is -2.27. The molecule has 3 rings (SSSR count). The Labute approximate surface area is 195 Å². The first-order chi connectivity index (χ1) is 15.7. The molecule has 33 heavy (non-hydrogen) atoms. The molecular formula is C26H33N3O4. The highest BCUT2D eigenvalue weighted by Gasteiger charge is 2.44. The van der Waals surface area contributed by atoms with Gasteiger partial charge in [-0.3, -0.25) is 14.6 Å². The minimum Gasteiger partial charge on any atom is -0.872 e. The number of carbonyl (C=O) groups excluding carboxylic acids is 2. The van der Waals surface area contributed by atoms with E-state index in [2.05, 4.69) is 18.8 Å². The Morgan fingerprint density at radius 1 is 1.24 bits per heavy atom. The fraction of sp³-hybridized carbons (Fsp3) is 0.423. The van der Waals surface area contributed by atoms with Gasteiger partial charge in [0.1, 0.15) is 5.75 Å². The SMILES string of the molecule is Cc1cc(C([O-])=C2C(=O)C(=O)N(CCC[NH+](C)C)C2c2cccnc2)ccc1OCC(C)C. The van der Waals surface area contributed by atoms with Gasteiger partial charge >= 0.3 is 0 Å². The van der Waals surface area contributed by atoms with Crippen molar-refractivity contribution in [1.82, 2.24) is 9.88 Å². The zero-order chi connectivity index (χ0) is 24.1. The van der Waals surface area contributed by atoms with Crippen molar-refractivity contribution in [3.63, 3.8) is 0 Å². The molecule has 0 spiro atoms. The van der Waals surface area contributed by atoms with Crippen molar-refractivity contribution in [3.05, 3.63) is 65.0 Å². The van der Waals surface area contributed by atoms with Crippen LogP contribution in [0, 0.1) is 12.8 Å². The first-order valence-corrected chi connectivity index (χ1v) is 11.4. The fourth-order valence-electron chi connectivity index (χ4n) is 3.95. The van der Waals surface area contributed by atoms with Crippen LogP contribution in [0.1, 0.15) is 43.0 Å². The molecule has 7 nitrogen and oxygen atoms in total. The zero-order valence-corrected chi connectivity index (χ0v) is 20.1. The number of likely N-dealkylation sites (tertiary alicyclic amines) is 1. The smallest absolute Gasteiger partial charge is 0.295 e. The molecule has 1 aliphatic rings. The van der Waals surface area contributed by atoms with Gasteiger partial charge < -0.3 is 19.6 Å². The van der Waals surface area contributed by atoms with Gasteiger partial charge in [-0.05, 0) is 47.7 Å². The van der Waals surface area contributed by atoms with E-state index in [1.807, 2.05) is 21.0 Å². The summed E-state index contributed by atoms with van der Waals surface area (Å²) in [5, 5.41) is 13.5. The summed E-state index contributed by atoms with van der Waals surface area (Å²) >= 11 is 0. The van der Waals surface area contributed by atoms with Gasteiger partial charge in [0.2, 0.25) is 5.78 Å². The number of nitrogens with one attached hydrogen (secondary N) is 1. The average molecular weight is 452 g/mol. The molecule has 1 aromatic heterocycles. The van der Waals surface area contributed by atoms with Crippen molar-refractivity contribution >= 4 is 17.4 Å². The number of benzene rings is 1. The summed E-state index contributed by atoms with van der Waals surface area (Å²) in [6.45, 7) is 7.82. The van der Waals surface area contributed by atoms with Crippen LogP contribution in [0.25, 0.3) is 5.76 Å². The van der Waals surface area contributed by atoms with Crippen LogP contribution in [0.2, 0.25) is 0 Å². The molecule has 0 saturated carbocycles. The van der Waals surface area contributed by atoms with Crippen LogP contribution in [0.3, 0.4) is 0 Å². The lowest BCUT2D eigenvalue weighted by atomic mass is 9.95. The number of ether oxygens (including phenoxy) is 1. The third kappa shape index (κ3) is 5.60. The quantitative estimate of drug-likeness (QED) is 0.352. The molecule has 1 N–H and O–H groups in total. The molecular weight excluding hydrogens is 418 g/mol. The Balaban J connectivity index is 2.01. The summed E-state index contributed by atoms with van der Waals surface area (Å²) in [6.07, 6.45) is 3.96. The van der Waals surface area contributed by atoms with Crippen LogP contribution in [0.5, 0.6) is 5.75 Å². The summed E-state index contributed by atoms with van der Waals surface area (Å²) in [6, 6.07) is 7.95. The molecule has 0 aliphatic carbocycles. The van der Waals surface area contributed by atoms with Gasteiger partial charge in [-0.25, -0.2) is 0 Å². The van der Waals surface area contributed by atoms with E-state index in [9.17, 15) is 14.7 Å². The maximum atomic E-state index is 13.5. The maximum absolute atomic E-state index is 13.5. The van der Waals surface area contributed by atoms with E-state index in [1.54, 1.807) is 42.7 Å². The van der Waals surface area contributed by atoms with E-state index in [1.165, 1.54) is 9.80 Å². The largest absolute Gasteiger partial charge is 0.872 e. The molecule has 2 aromatic rings. The standard InChI is InChI=1S/C26H33N3O4/c1-17(2)16-33-21-10-9-19(14-18(21)3)24(30)22-23(20-8-6-11-27-15-20)29(26(32)25(22)31)13-7-12-28(4)5/h6,8-11,14-15,17,23,30H,7,12-13,16H2,1-5H3. The molecule has 0 bridgehead atoms. The molecule has 0 radical (unpaired) electrons. The molecule has 1 aromatic carbocycles. The number of amides is 1. The predicted molar refractivity (Wildman–Crippen MR) is 124 cm³/mol. The van der Waals surface area contributed by atoms with Crippen molar-refractivity contribution in [2.24, 2.45) is 5.92 Å². The summed E-state index contributed by atoms with van der Waals surface area (Å²) < 4.78 is 5.81. The van der Waals surface area contributed by atoms with Gasteiger partial charge in [-0.1, -0.05) is 31.7 Å². The van der Waals surface area contributed by atoms with Crippen molar-refractivity contribution in [2.45, 2.75) is 33.2 Å². The van der Waals surface area contributed by atoms with Crippen molar-refractivity contribution in [1.29, 1.82) is 0 Å². The minimum absolute atomic E-state index is 0.0135. The van der Waals surface area contributed by atoms with Gasteiger partial charge in [0.25, 0.3) is 5.91 Å². The summed E-state index contributed by atoms with van der Waals surface area (Å²) in [4.78, 5) is 32.9. The number of ketones is 1. The van der Waals surface area contributed by atoms with E-state index in [0.29, 0.717) is 35.9 Å². The van der Waals surface area contributed by atoms with Gasteiger partial charge in [-0.15, -0.1) is 0 Å². The molecule has 1 unspecified atom stereocenters. The van der Waals surface area contributed by atoms with Crippen molar-refractivity contribution in [3.8, 4) is 5.75 Å². The third-order valence-electron chi connectivity index (χ3n) is 5.61. The van der Waals surface area contributed by atoms with Crippen molar-refractivity contribution < 1.29 is 24.3 Å². The first kappa shape index (κ1) is 24.5. The Kier molecular flexibility index (Phi) is 7.87. The van der Waals surface area contributed by atoms with E-state index >= 15 is 0 Å². The number of aromatic nitrogens is 1. The normalized spacial score (nSPS) is 17.9. The molecule has 2 heterocycles. The summed E-state index contributed by atoms with van der Waals surface area (Å²) in [5.41, 5.74) is 1.82. The molecule has 1 atom stereocenters. The predicted octanol–water partition coefficient (Wildman–Crippen LogP) is 1.18. The third-order valence-corrected chi connectivity index (χ3v) is 5.61. The lowest BCUT2D eigenvalue weighted by molar-refractivity contribution is -0.858. The maximum Gasteiger partial charge on any atom is 0.295 e. The fourth-order valence-corrected chi connectivity index (χ4v) is 3.95. The monoisotopic (exact) mass is 451 g/mol. The molecule has 1 saturated heterocycles. The van der Waals surface area contributed by atoms with Gasteiger partial charge in [0, 0.05) is 30.9 Å². The minimum atomic E-state index is -0.736. The number of nitrogens with zero attached hydrogens (tertiary/aromatic N) is 2. The number of carbonyl (C=O) groups is 2. The number of hydrogen-bond acceptors (Lipinski definition) is 5. The van der Waals surface area contributed by atoms with Gasteiger partial charge in [-0.2, -0.15) is 0 Å². The first-order valence-electron chi connectivity index (χ1n) is 11.4. The van der Waals surface area contributed by atoms with E-state index in [4.69, 9.17) is 4.74 Å². The van der Waals surface area contributed by atoms with Crippen LogP contribution in [-0.4, -0.2) is 55.4 Å². The second kappa shape index (κ2) is 10.6. The van der Waals surface area contributed by atoms with Crippen molar-refractivity contribution in [2.75, 3.05) is 33.8 Å². The molecule has 176 valence electrons. The van der Waals surface area contributed by atoms with Crippen LogP contribution in [-0.2, 0) is 9.59 Å². The topological polar surface area (TPSA) is 87.0 Å². The zero-order valence-electron chi connectivity index (χ0n) is 20.1. The average Bonchev–Trinajstić information content (AvgIpc) is 3.03. The van der Waals surface area contributed by atoms with Crippen LogP contribution < -0.4 is 14.7 Å². The highest BCUT2D eigenvalue weighted by atomic mass is 16.5. The Morgan fingerprint density at radius 2 is 2.00 bits per heavy atom. The van der Waals surface area contributed by atoms with E-state index < -0.39 is 23.5 Å². The summed E-state index contributed by atoms with van der Waals surface area (Å²) in [7, 11) is 4.07. The van der Waals surface area contributed by atoms with E-state index in [0.717, 1.165) is 18.5 Å². The highest BCUT2D eigenvalue weighted by Crippen LogP contribution is 2.38. The second-order valence-electron chi connectivity index (χ2n) is 9.26. The Hall–Kier alpha value is -3.19. The molecule has 1 aliphatic heterocycles. The molecule has 1 amide bonds. The number of pyridine rings is 1. The van der Waals surface area contributed by atoms with E-state index in [-0.39, 0.29) is 5.57 Å². The van der Waals surface area contributed by atoms with Gasteiger partial charge in [0.15, 0.2) is 0 Å². The number of hydrogen-bond donors (Lipinski definition) is 1. The number of rotatable bonds is 9. The Bertz CT molecular complexity index is 1030. The Morgan fingerprint density at radius 3 is 2.61 bits per heavy atom. The van der Waals surface area contributed by atoms with Crippen LogP contribution >= 0.6 is 0 Å². The highest BCUT2D eigenvalue weighted by molar-refractivity contribution is 6.46. The van der Waals surface area contributed by atoms with Crippen LogP contribution in [0.15, 0.2) is 48.3 Å². The van der Waals surface area contributed by atoms with Crippen LogP contribution in [0.4, 0.5) is 0 Å². The molecule has 7 heteroatoms. The summed E-state index contributed by atoms with van der Waals surface area (Å²) in [5.74, 6) is -0.709. The number of quaternary nitrogens is 1. The lowest BCUT2D eigenvalue weighted by Crippen LogP contribution is -3.05. The molecule has 1 fully saturated rings. The number of aryl methyl sites for hydroxylation is 1.